The van der Waals surface area contributed by atoms with Gasteiger partial charge in [-0.05, 0) is 31.2 Å². The molecule has 108 valence electrons. The van der Waals surface area contributed by atoms with E-state index in [4.69, 9.17) is 0 Å². The number of fused-ring (bicyclic) bond motifs is 1. The minimum absolute atomic E-state index is 0.152. The zero-order chi connectivity index (χ0) is 14.8. The Morgan fingerprint density at radius 2 is 2.29 bits per heavy atom. The molecule has 3 rings (SSSR count). The Hall–Kier alpha value is -2.63. The van der Waals surface area contributed by atoms with Crippen molar-refractivity contribution in [3.63, 3.8) is 0 Å². The topological polar surface area (TPSA) is 57.3 Å². The summed E-state index contributed by atoms with van der Waals surface area (Å²) in [4.78, 5) is 17.7. The highest BCUT2D eigenvalue weighted by molar-refractivity contribution is 5.92. The third-order valence-corrected chi connectivity index (χ3v) is 3.40. The van der Waals surface area contributed by atoms with Crippen LogP contribution in [-0.2, 0) is 6.54 Å². The first-order valence-electron chi connectivity index (χ1n) is 6.74. The first kappa shape index (κ1) is 13.4. The van der Waals surface area contributed by atoms with Gasteiger partial charge in [0, 0.05) is 29.7 Å². The van der Waals surface area contributed by atoms with Crippen LogP contribution in [0.1, 0.15) is 12.5 Å². The minimum atomic E-state index is -0.300. The molecule has 1 aromatic heterocycles. The molecule has 0 unspecified atom stereocenters. The van der Waals surface area contributed by atoms with Crippen LogP contribution in [0.5, 0.6) is 0 Å². The standard InChI is InChI=1S/C15H15FN4O/c1-2-20-9-12-13(6-7-17-14(12)19-15(20)21)18-11-5-3-4-10(16)8-11/h3-8H,2,9H2,1H3,(H2,17,18,19,21). The third kappa shape index (κ3) is 2.65. The number of carbonyl (C=O) groups excluding carboxylic acids is 1. The molecule has 1 aliphatic heterocycles. The van der Waals surface area contributed by atoms with Gasteiger partial charge in [-0.15, -0.1) is 0 Å². The van der Waals surface area contributed by atoms with Crippen molar-refractivity contribution in [3.8, 4) is 0 Å². The summed E-state index contributed by atoms with van der Waals surface area (Å²) >= 11 is 0. The second kappa shape index (κ2) is 5.40. The van der Waals surface area contributed by atoms with Crippen LogP contribution < -0.4 is 10.6 Å². The van der Waals surface area contributed by atoms with Crippen molar-refractivity contribution in [2.45, 2.75) is 13.5 Å². The molecule has 2 aromatic rings. The van der Waals surface area contributed by atoms with Gasteiger partial charge in [-0.3, -0.25) is 5.32 Å². The number of carbonyl (C=O) groups is 1. The van der Waals surface area contributed by atoms with Crippen molar-refractivity contribution < 1.29 is 9.18 Å². The molecular formula is C15H15FN4O. The van der Waals surface area contributed by atoms with Crippen LogP contribution in [-0.4, -0.2) is 22.5 Å². The second-order valence-corrected chi connectivity index (χ2v) is 4.77. The number of nitrogens with one attached hydrogen (secondary N) is 2. The third-order valence-electron chi connectivity index (χ3n) is 3.40. The molecule has 5 nitrogen and oxygen atoms in total. The summed E-state index contributed by atoms with van der Waals surface area (Å²) in [5.74, 6) is 0.248. The van der Waals surface area contributed by atoms with Crippen molar-refractivity contribution in [1.29, 1.82) is 0 Å². The molecule has 0 saturated heterocycles. The van der Waals surface area contributed by atoms with Crippen LogP contribution in [0.25, 0.3) is 0 Å². The Labute approximate surface area is 121 Å². The molecule has 2 amide bonds. The van der Waals surface area contributed by atoms with Crippen molar-refractivity contribution >= 4 is 23.2 Å². The predicted octanol–water partition coefficient (Wildman–Crippen LogP) is 3.33. The van der Waals surface area contributed by atoms with Crippen LogP contribution in [0.2, 0.25) is 0 Å². The number of hydrogen-bond acceptors (Lipinski definition) is 3. The van der Waals surface area contributed by atoms with E-state index in [1.165, 1.54) is 12.1 Å². The highest BCUT2D eigenvalue weighted by Gasteiger charge is 2.24. The molecule has 0 bridgehead atoms. The quantitative estimate of drug-likeness (QED) is 0.910. The molecule has 0 atom stereocenters. The molecular weight excluding hydrogens is 271 g/mol. The lowest BCUT2D eigenvalue weighted by atomic mass is 10.1. The largest absolute Gasteiger partial charge is 0.355 e. The Bertz CT molecular complexity index is 689. The number of halogens is 1. The number of rotatable bonds is 3. The number of aromatic nitrogens is 1. The number of urea groups is 1. The van der Waals surface area contributed by atoms with E-state index < -0.39 is 0 Å². The Balaban J connectivity index is 1.94. The van der Waals surface area contributed by atoms with Gasteiger partial charge in [0.25, 0.3) is 0 Å². The molecule has 21 heavy (non-hydrogen) atoms. The SMILES string of the molecule is CCN1Cc2c(Nc3cccc(F)c3)ccnc2NC1=O. The Morgan fingerprint density at radius 1 is 1.43 bits per heavy atom. The second-order valence-electron chi connectivity index (χ2n) is 4.77. The normalized spacial score (nSPS) is 13.6. The van der Waals surface area contributed by atoms with Gasteiger partial charge >= 0.3 is 6.03 Å². The Kier molecular flexibility index (Phi) is 3.43. The van der Waals surface area contributed by atoms with Crippen molar-refractivity contribution in [2.75, 3.05) is 17.2 Å². The summed E-state index contributed by atoms with van der Waals surface area (Å²) in [6.07, 6.45) is 1.61. The van der Waals surface area contributed by atoms with Crippen molar-refractivity contribution in [2.24, 2.45) is 0 Å². The lowest BCUT2D eigenvalue weighted by molar-refractivity contribution is 0.209. The van der Waals surface area contributed by atoms with Gasteiger partial charge in [0.15, 0.2) is 0 Å². The van der Waals surface area contributed by atoms with Crippen LogP contribution in [0, 0.1) is 5.82 Å². The number of benzene rings is 1. The van der Waals surface area contributed by atoms with Gasteiger partial charge in [0.05, 0.1) is 6.54 Å². The summed E-state index contributed by atoms with van der Waals surface area (Å²) < 4.78 is 13.3. The van der Waals surface area contributed by atoms with Crippen LogP contribution in [0.3, 0.4) is 0 Å². The summed E-state index contributed by atoms with van der Waals surface area (Å²) in [7, 11) is 0. The molecule has 0 radical (unpaired) electrons. The highest BCUT2D eigenvalue weighted by Crippen LogP contribution is 2.30. The summed E-state index contributed by atoms with van der Waals surface area (Å²) in [5, 5.41) is 5.93. The van der Waals surface area contributed by atoms with E-state index in [2.05, 4.69) is 15.6 Å². The average molecular weight is 286 g/mol. The zero-order valence-electron chi connectivity index (χ0n) is 11.6. The summed E-state index contributed by atoms with van der Waals surface area (Å²) in [5.41, 5.74) is 2.36. The van der Waals surface area contributed by atoms with Gasteiger partial charge in [-0.2, -0.15) is 0 Å². The van der Waals surface area contributed by atoms with Crippen molar-refractivity contribution in [1.82, 2.24) is 9.88 Å². The van der Waals surface area contributed by atoms with Gasteiger partial charge in [0.2, 0.25) is 0 Å². The number of amides is 2. The van der Waals surface area contributed by atoms with E-state index in [9.17, 15) is 9.18 Å². The minimum Gasteiger partial charge on any atom is -0.355 e. The van der Waals surface area contributed by atoms with Gasteiger partial charge < -0.3 is 10.2 Å². The monoisotopic (exact) mass is 286 g/mol. The van der Waals surface area contributed by atoms with E-state index in [0.29, 0.717) is 24.6 Å². The van der Waals surface area contributed by atoms with E-state index >= 15 is 0 Å². The summed E-state index contributed by atoms with van der Waals surface area (Å²) in [6.45, 7) is 3.00. The van der Waals surface area contributed by atoms with Crippen molar-refractivity contribution in [3.05, 3.63) is 47.9 Å². The van der Waals surface area contributed by atoms with E-state index in [1.807, 2.05) is 13.0 Å². The zero-order valence-corrected chi connectivity index (χ0v) is 11.6. The maximum absolute atomic E-state index is 13.3. The smallest absolute Gasteiger partial charge is 0.323 e. The molecule has 2 N–H and O–H groups in total. The fourth-order valence-electron chi connectivity index (χ4n) is 2.30. The Morgan fingerprint density at radius 3 is 3.05 bits per heavy atom. The predicted molar refractivity (Wildman–Crippen MR) is 79.0 cm³/mol. The van der Waals surface area contributed by atoms with Crippen LogP contribution >= 0.6 is 0 Å². The molecule has 0 saturated carbocycles. The van der Waals surface area contributed by atoms with Crippen LogP contribution in [0.15, 0.2) is 36.5 Å². The number of anilines is 3. The molecule has 2 heterocycles. The fourth-order valence-corrected chi connectivity index (χ4v) is 2.30. The highest BCUT2D eigenvalue weighted by atomic mass is 19.1. The molecule has 6 heteroatoms. The van der Waals surface area contributed by atoms with Gasteiger partial charge in [-0.25, -0.2) is 14.2 Å². The average Bonchev–Trinajstić information content (AvgIpc) is 2.47. The van der Waals surface area contributed by atoms with Crippen LogP contribution in [0.4, 0.5) is 26.4 Å². The maximum Gasteiger partial charge on any atom is 0.323 e. The fraction of sp³-hybridized carbons (Fsp3) is 0.200. The molecule has 0 fully saturated rings. The lowest BCUT2D eigenvalue weighted by Crippen LogP contribution is -2.39. The number of hydrogen-bond donors (Lipinski definition) is 2. The van der Waals surface area contributed by atoms with E-state index in [0.717, 1.165) is 11.3 Å². The van der Waals surface area contributed by atoms with Gasteiger partial charge in [-0.1, -0.05) is 6.07 Å². The first-order chi connectivity index (χ1) is 10.2. The number of nitrogens with zero attached hydrogens (tertiary/aromatic N) is 2. The maximum atomic E-state index is 13.3. The first-order valence-corrected chi connectivity index (χ1v) is 6.74. The molecule has 0 spiro atoms. The van der Waals surface area contributed by atoms with E-state index in [1.54, 1.807) is 23.2 Å². The molecule has 0 aliphatic carbocycles. The van der Waals surface area contributed by atoms with Gasteiger partial charge in [0.1, 0.15) is 11.6 Å². The lowest BCUT2D eigenvalue weighted by Gasteiger charge is -2.29. The molecule has 1 aromatic carbocycles. The number of pyridine rings is 1. The van der Waals surface area contributed by atoms with E-state index in [-0.39, 0.29) is 11.8 Å². The summed E-state index contributed by atoms with van der Waals surface area (Å²) in [6, 6.07) is 7.91. The molecule has 1 aliphatic rings.